The summed E-state index contributed by atoms with van der Waals surface area (Å²) in [5, 5.41) is 0.607. The monoisotopic (exact) mass is 288 g/mol. The molecule has 0 aliphatic carbocycles. The summed E-state index contributed by atoms with van der Waals surface area (Å²) in [6.07, 6.45) is 0.118. The van der Waals surface area contributed by atoms with Gasteiger partial charge in [-0.05, 0) is 56.7 Å². The average Bonchev–Trinajstić information content (AvgIpc) is 2.41. The molecule has 0 unspecified atom stereocenters. The Morgan fingerprint density at radius 1 is 1.05 bits per heavy atom. The van der Waals surface area contributed by atoms with Gasteiger partial charge in [-0.2, -0.15) is 0 Å². The van der Waals surface area contributed by atoms with Gasteiger partial charge in [-0.15, -0.1) is 0 Å². The molecule has 0 amide bonds. The van der Waals surface area contributed by atoms with Crippen LogP contribution in [0.5, 0.6) is 5.75 Å². The fraction of sp³-hybridized carbons (Fsp3) is 0.235. The minimum absolute atomic E-state index is 0.0389. The van der Waals surface area contributed by atoms with Crippen LogP contribution in [-0.4, -0.2) is 11.9 Å². The van der Waals surface area contributed by atoms with E-state index in [2.05, 4.69) is 0 Å². The van der Waals surface area contributed by atoms with Crippen molar-refractivity contribution in [2.45, 2.75) is 26.9 Å². The third kappa shape index (κ3) is 3.40. The van der Waals surface area contributed by atoms with E-state index in [1.807, 2.05) is 39.0 Å². The normalized spacial score (nSPS) is 10.7. The number of hydrogen-bond donors (Lipinski definition) is 0. The Labute approximate surface area is 124 Å². The summed E-state index contributed by atoms with van der Waals surface area (Å²) in [6.45, 7) is 5.84. The number of carbonyl (C=O) groups excluding carboxylic acids is 1. The maximum atomic E-state index is 12.3. The summed E-state index contributed by atoms with van der Waals surface area (Å²) in [4.78, 5) is 12.3. The van der Waals surface area contributed by atoms with E-state index < -0.39 is 0 Å². The zero-order chi connectivity index (χ0) is 14.7. The van der Waals surface area contributed by atoms with Crippen molar-refractivity contribution in [2.24, 2.45) is 0 Å². The van der Waals surface area contributed by atoms with Crippen LogP contribution in [0.1, 0.15) is 35.3 Å². The summed E-state index contributed by atoms with van der Waals surface area (Å²) >= 11 is 6.06. The number of ketones is 1. The third-order valence-electron chi connectivity index (χ3n) is 2.92. The van der Waals surface area contributed by atoms with E-state index >= 15 is 0 Å². The Morgan fingerprint density at radius 3 is 2.20 bits per heavy atom. The molecule has 0 radical (unpaired) electrons. The number of benzene rings is 2. The van der Waals surface area contributed by atoms with Crippen LogP contribution in [0.15, 0.2) is 42.5 Å². The topological polar surface area (TPSA) is 26.3 Å². The Hall–Kier alpha value is -1.80. The zero-order valence-electron chi connectivity index (χ0n) is 11.8. The van der Waals surface area contributed by atoms with Crippen LogP contribution in [0.4, 0.5) is 0 Å². The van der Waals surface area contributed by atoms with Crippen LogP contribution in [0.25, 0.3) is 0 Å². The molecule has 20 heavy (non-hydrogen) atoms. The van der Waals surface area contributed by atoms with E-state index in [0.717, 1.165) is 11.3 Å². The van der Waals surface area contributed by atoms with E-state index in [1.165, 1.54) is 0 Å². The van der Waals surface area contributed by atoms with Crippen molar-refractivity contribution in [2.75, 3.05) is 0 Å². The van der Waals surface area contributed by atoms with Gasteiger partial charge in [-0.3, -0.25) is 4.79 Å². The van der Waals surface area contributed by atoms with Gasteiger partial charge in [-0.1, -0.05) is 23.7 Å². The molecule has 0 saturated heterocycles. The molecule has 0 saturated carbocycles. The number of aryl methyl sites for hydroxylation is 1. The first-order valence-corrected chi connectivity index (χ1v) is 6.92. The molecule has 2 aromatic rings. The van der Waals surface area contributed by atoms with E-state index in [-0.39, 0.29) is 11.9 Å². The molecule has 3 heteroatoms. The predicted octanol–water partition coefficient (Wildman–Crippen LogP) is 4.67. The first kappa shape index (κ1) is 14.6. The molecule has 104 valence electrons. The highest BCUT2D eigenvalue weighted by Crippen LogP contribution is 2.20. The van der Waals surface area contributed by atoms with Crippen LogP contribution in [0.2, 0.25) is 5.02 Å². The van der Waals surface area contributed by atoms with Crippen molar-refractivity contribution in [3.8, 4) is 5.75 Å². The minimum atomic E-state index is -0.0389. The van der Waals surface area contributed by atoms with Gasteiger partial charge in [-0.25, -0.2) is 0 Å². The van der Waals surface area contributed by atoms with Gasteiger partial charge in [0, 0.05) is 16.1 Å². The lowest BCUT2D eigenvalue weighted by molar-refractivity contribution is 0.103. The highest BCUT2D eigenvalue weighted by molar-refractivity contribution is 6.31. The Bertz CT molecular complexity index is 615. The molecule has 0 N–H and O–H groups in total. The largest absolute Gasteiger partial charge is 0.491 e. The molecule has 0 spiro atoms. The van der Waals surface area contributed by atoms with E-state index in [4.69, 9.17) is 16.3 Å². The molecule has 0 aromatic heterocycles. The molecule has 0 atom stereocenters. The van der Waals surface area contributed by atoms with Crippen molar-refractivity contribution >= 4 is 17.4 Å². The second-order valence-electron chi connectivity index (χ2n) is 4.98. The molecule has 2 nitrogen and oxygen atoms in total. The van der Waals surface area contributed by atoms with Gasteiger partial charge < -0.3 is 4.74 Å². The first-order valence-electron chi connectivity index (χ1n) is 6.55. The van der Waals surface area contributed by atoms with Gasteiger partial charge in [0.15, 0.2) is 5.78 Å². The van der Waals surface area contributed by atoms with Crippen LogP contribution in [0, 0.1) is 6.92 Å². The Morgan fingerprint density at radius 2 is 1.65 bits per heavy atom. The van der Waals surface area contributed by atoms with E-state index in [1.54, 1.807) is 24.3 Å². The Kier molecular flexibility index (Phi) is 4.46. The SMILES string of the molecule is Cc1ccc(C(=O)c2ccc(OC(C)C)cc2)cc1Cl. The summed E-state index contributed by atoms with van der Waals surface area (Å²) in [5.74, 6) is 0.724. The molecule has 0 aliphatic rings. The van der Waals surface area contributed by atoms with Gasteiger partial charge in [0.05, 0.1) is 6.10 Å². The second-order valence-corrected chi connectivity index (χ2v) is 5.39. The highest BCUT2D eigenvalue weighted by Gasteiger charge is 2.10. The molecule has 0 heterocycles. The summed E-state index contributed by atoms with van der Waals surface area (Å²) in [5.41, 5.74) is 2.18. The van der Waals surface area contributed by atoms with Crippen molar-refractivity contribution < 1.29 is 9.53 Å². The molecule has 0 aliphatic heterocycles. The highest BCUT2D eigenvalue weighted by atomic mass is 35.5. The maximum absolute atomic E-state index is 12.3. The smallest absolute Gasteiger partial charge is 0.193 e. The van der Waals surface area contributed by atoms with Gasteiger partial charge in [0.1, 0.15) is 5.75 Å². The number of ether oxygens (including phenoxy) is 1. The first-order chi connectivity index (χ1) is 9.47. The number of carbonyl (C=O) groups is 1. The number of rotatable bonds is 4. The average molecular weight is 289 g/mol. The second kappa shape index (κ2) is 6.10. The van der Waals surface area contributed by atoms with E-state index in [9.17, 15) is 4.79 Å². The molecular formula is C17H17ClO2. The van der Waals surface area contributed by atoms with Crippen molar-refractivity contribution in [1.82, 2.24) is 0 Å². The van der Waals surface area contributed by atoms with Crippen molar-refractivity contribution in [1.29, 1.82) is 0 Å². The van der Waals surface area contributed by atoms with Gasteiger partial charge >= 0.3 is 0 Å². The van der Waals surface area contributed by atoms with Gasteiger partial charge in [0.2, 0.25) is 0 Å². The summed E-state index contributed by atoms with van der Waals surface area (Å²) in [7, 11) is 0. The lowest BCUT2D eigenvalue weighted by Crippen LogP contribution is -2.06. The van der Waals surface area contributed by atoms with Crippen LogP contribution >= 0.6 is 11.6 Å². The minimum Gasteiger partial charge on any atom is -0.491 e. The van der Waals surface area contributed by atoms with E-state index in [0.29, 0.717) is 16.1 Å². The number of halogens is 1. The summed E-state index contributed by atoms with van der Waals surface area (Å²) in [6, 6.07) is 12.5. The third-order valence-corrected chi connectivity index (χ3v) is 3.33. The van der Waals surface area contributed by atoms with Crippen molar-refractivity contribution in [3.63, 3.8) is 0 Å². The molecule has 0 bridgehead atoms. The predicted molar refractivity (Wildman–Crippen MR) is 81.8 cm³/mol. The van der Waals surface area contributed by atoms with Gasteiger partial charge in [0.25, 0.3) is 0 Å². The lowest BCUT2D eigenvalue weighted by atomic mass is 10.0. The molecular weight excluding hydrogens is 272 g/mol. The Balaban J connectivity index is 2.22. The quantitative estimate of drug-likeness (QED) is 0.765. The fourth-order valence-electron chi connectivity index (χ4n) is 1.86. The van der Waals surface area contributed by atoms with Crippen molar-refractivity contribution in [3.05, 3.63) is 64.2 Å². The number of hydrogen-bond acceptors (Lipinski definition) is 2. The standard InChI is InChI=1S/C17H17ClO2/c1-11(2)20-15-8-6-13(7-9-15)17(19)14-5-4-12(3)16(18)10-14/h4-11H,1-3H3. The lowest BCUT2D eigenvalue weighted by Gasteiger charge is -2.10. The summed E-state index contributed by atoms with van der Waals surface area (Å²) < 4.78 is 5.56. The molecule has 2 aromatic carbocycles. The molecule has 0 fully saturated rings. The zero-order valence-corrected chi connectivity index (χ0v) is 12.6. The molecule has 2 rings (SSSR count). The maximum Gasteiger partial charge on any atom is 0.193 e. The fourth-order valence-corrected chi connectivity index (χ4v) is 2.04. The van der Waals surface area contributed by atoms with Crippen LogP contribution in [-0.2, 0) is 0 Å². The van der Waals surface area contributed by atoms with Crippen LogP contribution < -0.4 is 4.74 Å². The van der Waals surface area contributed by atoms with Crippen LogP contribution in [0.3, 0.4) is 0 Å².